The van der Waals surface area contributed by atoms with E-state index in [0.29, 0.717) is 0 Å². The molecule has 0 amide bonds. The Balaban J connectivity index is 1.89. The SMILES string of the molecule is CN1CCN(c2ccc(NS(=O)(=O)c3ccccc3)c(C(=O)O)c2)CC1. The molecule has 3 rings (SSSR count). The molecule has 2 aromatic rings. The molecule has 0 unspecified atom stereocenters. The van der Waals surface area contributed by atoms with Crippen molar-refractivity contribution in [3.8, 4) is 0 Å². The van der Waals surface area contributed by atoms with E-state index in [9.17, 15) is 18.3 Å². The molecule has 1 heterocycles. The highest BCUT2D eigenvalue weighted by Gasteiger charge is 2.21. The molecule has 0 spiro atoms. The summed E-state index contributed by atoms with van der Waals surface area (Å²) in [5.74, 6) is -1.17. The van der Waals surface area contributed by atoms with E-state index >= 15 is 0 Å². The van der Waals surface area contributed by atoms with Crippen molar-refractivity contribution in [3.63, 3.8) is 0 Å². The number of rotatable bonds is 5. The molecule has 0 aliphatic carbocycles. The summed E-state index contributed by atoms with van der Waals surface area (Å²) in [6, 6.07) is 12.6. The first-order valence-corrected chi connectivity index (χ1v) is 9.74. The molecule has 0 bridgehead atoms. The van der Waals surface area contributed by atoms with Gasteiger partial charge in [-0.3, -0.25) is 4.72 Å². The number of likely N-dealkylation sites (N-methyl/N-ethyl adjacent to an activating group) is 1. The van der Waals surface area contributed by atoms with Gasteiger partial charge in [-0.25, -0.2) is 13.2 Å². The smallest absolute Gasteiger partial charge is 0.337 e. The quantitative estimate of drug-likeness (QED) is 0.830. The Labute approximate surface area is 152 Å². The van der Waals surface area contributed by atoms with E-state index in [1.165, 1.54) is 24.3 Å². The molecule has 1 aliphatic heterocycles. The van der Waals surface area contributed by atoms with E-state index in [1.807, 2.05) is 7.05 Å². The first-order chi connectivity index (χ1) is 12.4. The minimum absolute atomic E-state index is 0.0548. The van der Waals surface area contributed by atoms with Gasteiger partial charge in [0.25, 0.3) is 10.0 Å². The van der Waals surface area contributed by atoms with Gasteiger partial charge in [-0.2, -0.15) is 0 Å². The third-order valence-electron chi connectivity index (χ3n) is 4.40. The predicted molar refractivity (Wildman–Crippen MR) is 100 cm³/mol. The minimum atomic E-state index is -3.85. The van der Waals surface area contributed by atoms with Crippen LogP contribution in [0.25, 0.3) is 0 Å². The van der Waals surface area contributed by atoms with Crippen molar-refractivity contribution < 1.29 is 18.3 Å². The maximum Gasteiger partial charge on any atom is 0.337 e. The fourth-order valence-electron chi connectivity index (χ4n) is 2.86. The number of aromatic carboxylic acids is 1. The topological polar surface area (TPSA) is 90.0 Å². The van der Waals surface area contributed by atoms with Crippen LogP contribution in [0.3, 0.4) is 0 Å². The van der Waals surface area contributed by atoms with Crippen molar-refractivity contribution in [2.24, 2.45) is 0 Å². The molecule has 2 aromatic carbocycles. The lowest BCUT2D eigenvalue weighted by atomic mass is 10.1. The average Bonchev–Trinajstić information content (AvgIpc) is 2.63. The zero-order valence-corrected chi connectivity index (χ0v) is 15.2. The number of carboxylic acids is 1. The molecule has 8 heteroatoms. The first kappa shape index (κ1) is 18.2. The van der Waals surface area contributed by atoms with Crippen LogP contribution in [-0.2, 0) is 10.0 Å². The fraction of sp³-hybridized carbons (Fsp3) is 0.278. The maximum atomic E-state index is 12.5. The molecule has 1 fully saturated rings. The van der Waals surface area contributed by atoms with Crippen LogP contribution in [0.5, 0.6) is 0 Å². The molecule has 1 saturated heterocycles. The number of hydrogen-bond donors (Lipinski definition) is 2. The second kappa shape index (κ2) is 7.35. The Morgan fingerprint density at radius 2 is 1.69 bits per heavy atom. The largest absolute Gasteiger partial charge is 0.478 e. The third-order valence-corrected chi connectivity index (χ3v) is 5.78. The van der Waals surface area contributed by atoms with Crippen LogP contribution in [0.2, 0.25) is 0 Å². The monoisotopic (exact) mass is 375 g/mol. The Bertz CT molecular complexity index is 892. The van der Waals surface area contributed by atoms with E-state index < -0.39 is 16.0 Å². The van der Waals surface area contributed by atoms with Crippen LogP contribution in [0, 0.1) is 0 Å². The molecule has 0 radical (unpaired) electrons. The lowest BCUT2D eigenvalue weighted by Crippen LogP contribution is -2.44. The summed E-state index contributed by atoms with van der Waals surface area (Å²) < 4.78 is 27.3. The lowest BCUT2D eigenvalue weighted by molar-refractivity contribution is 0.0698. The van der Waals surface area contributed by atoms with Crippen molar-refractivity contribution in [1.82, 2.24) is 4.90 Å². The van der Waals surface area contributed by atoms with Gasteiger partial charge in [0.1, 0.15) is 0 Å². The maximum absolute atomic E-state index is 12.5. The van der Waals surface area contributed by atoms with Crippen molar-refractivity contribution in [2.75, 3.05) is 42.8 Å². The van der Waals surface area contributed by atoms with Crippen LogP contribution >= 0.6 is 0 Å². The summed E-state index contributed by atoms with van der Waals surface area (Å²) >= 11 is 0. The fourth-order valence-corrected chi connectivity index (χ4v) is 3.96. The predicted octanol–water partition coefficient (Wildman–Crippen LogP) is 1.94. The molecule has 26 heavy (non-hydrogen) atoms. The van der Waals surface area contributed by atoms with Gasteiger partial charge in [0, 0.05) is 31.9 Å². The van der Waals surface area contributed by atoms with E-state index in [4.69, 9.17) is 0 Å². The molecule has 1 aliphatic rings. The zero-order valence-electron chi connectivity index (χ0n) is 14.4. The molecule has 0 saturated carbocycles. The summed E-state index contributed by atoms with van der Waals surface area (Å²) in [4.78, 5) is 16.1. The van der Waals surface area contributed by atoms with Crippen LogP contribution < -0.4 is 9.62 Å². The van der Waals surface area contributed by atoms with Gasteiger partial charge in [0.2, 0.25) is 0 Å². The summed E-state index contributed by atoms with van der Waals surface area (Å²) in [5, 5.41) is 9.54. The summed E-state index contributed by atoms with van der Waals surface area (Å²) in [5.41, 5.74) is 0.762. The molecule has 7 nitrogen and oxygen atoms in total. The van der Waals surface area contributed by atoms with Gasteiger partial charge >= 0.3 is 5.97 Å². The number of nitrogens with one attached hydrogen (secondary N) is 1. The normalized spacial score (nSPS) is 15.7. The van der Waals surface area contributed by atoms with Gasteiger partial charge in [-0.1, -0.05) is 18.2 Å². The van der Waals surface area contributed by atoms with Gasteiger partial charge < -0.3 is 14.9 Å². The number of piperazine rings is 1. The number of anilines is 2. The molecule has 138 valence electrons. The Hall–Kier alpha value is -2.58. The first-order valence-electron chi connectivity index (χ1n) is 8.25. The van der Waals surface area contributed by atoms with E-state index in [2.05, 4.69) is 14.5 Å². The van der Waals surface area contributed by atoms with Crippen molar-refractivity contribution >= 4 is 27.4 Å². The highest BCUT2D eigenvalue weighted by Crippen LogP contribution is 2.26. The van der Waals surface area contributed by atoms with Crippen molar-refractivity contribution in [1.29, 1.82) is 0 Å². The highest BCUT2D eigenvalue weighted by molar-refractivity contribution is 7.92. The molecular formula is C18H21N3O4S. The number of benzene rings is 2. The lowest BCUT2D eigenvalue weighted by Gasteiger charge is -2.34. The number of nitrogens with zero attached hydrogens (tertiary/aromatic N) is 2. The van der Waals surface area contributed by atoms with Gasteiger partial charge in [0.15, 0.2) is 0 Å². The number of carbonyl (C=O) groups is 1. The molecule has 0 aromatic heterocycles. The second-order valence-electron chi connectivity index (χ2n) is 6.24. The number of sulfonamides is 1. The minimum Gasteiger partial charge on any atom is -0.478 e. The van der Waals surface area contributed by atoms with E-state index in [0.717, 1.165) is 31.9 Å². The third kappa shape index (κ3) is 3.97. The van der Waals surface area contributed by atoms with Crippen LogP contribution in [0.4, 0.5) is 11.4 Å². The molecular weight excluding hydrogens is 354 g/mol. The zero-order chi connectivity index (χ0) is 18.7. The van der Waals surface area contributed by atoms with Crippen LogP contribution in [0.1, 0.15) is 10.4 Å². The summed E-state index contributed by atoms with van der Waals surface area (Å²) in [7, 11) is -1.80. The second-order valence-corrected chi connectivity index (χ2v) is 7.93. The summed E-state index contributed by atoms with van der Waals surface area (Å²) in [6.07, 6.45) is 0. The Morgan fingerprint density at radius 1 is 1.04 bits per heavy atom. The van der Waals surface area contributed by atoms with E-state index in [-0.39, 0.29) is 16.1 Å². The number of hydrogen-bond acceptors (Lipinski definition) is 5. The Kier molecular flexibility index (Phi) is 5.15. The van der Waals surface area contributed by atoms with Crippen LogP contribution in [-0.4, -0.2) is 57.6 Å². The number of carboxylic acid groups (broad SMARTS) is 1. The van der Waals surface area contributed by atoms with Crippen molar-refractivity contribution in [2.45, 2.75) is 4.90 Å². The summed E-state index contributed by atoms with van der Waals surface area (Å²) in [6.45, 7) is 3.38. The van der Waals surface area contributed by atoms with Gasteiger partial charge in [0.05, 0.1) is 16.1 Å². The van der Waals surface area contributed by atoms with Gasteiger partial charge in [-0.05, 0) is 37.4 Å². The Morgan fingerprint density at radius 3 is 2.31 bits per heavy atom. The van der Waals surface area contributed by atoms with Crippen molar-refractivity contribution in [3.05, 3.63) is 54.1 Å². The van der Waals surface area contributed by atoms with Crippen LogP contribution in [0.15, 0.2) is 53.4 Å². The highest BCUT2D eigenvalue weighted by atomic mass is 32.2. The average molecular weight is 375 g/mol. The van der Waals surface area contributed by atoms with Gasteiger partial charge in [-0.15, -0.1) is 0 Å². The standard InChI is InChI=1S/C18H21N3O4S/c1-20-9-11-21(12-10-20)14-7-8-17(16(13-14)18(22)23)19-26(24,25)15-5-3-2-4-6-15/h2-8,13,19H,9-12H2,1H3,(H,22,23). The molecule has 0 atom stereocenters. The molecule has 2 N–H and O–H groups in total. The van der Waals surface area contributed by atoms with E-state index in [1.54, 1.807) is 24.3 Å².